The van der Waals surface area contributed by atoms with E-state index in [1.165, 1.54) is 10.8 Å². The van der Waals surface area contributed by atoms with Crippen molar-refractivity contribution >= 4 is 49.4 Å². The molecule has 2 aromatic heterocycles. The van der Waals surface area contributed by atoms with Gasteiger partial charge in [0.1, 0.15) is 11.2 Å². The Balaban J connectivity index is 1.29. The van der Waals surface area contributed by atoms with E-state index in [4.69, 9.17) is 11.0 Å². The number of rotatable bonds is 4. The lowest BCUT2D eigenvalue weighted by molar-refractivity contribution is 0.669. The molecule has 0 atom stereocenters. The van der Waals surface area contributed by atoms with Crippen molar-refractivity contribution in [1.29, 1.82) is 5.26 Å². The van der Waals surface area contributed by atoms with Crippen LogP contribution in [-0.2, 0) is 0 Å². The summed E-state index contributed by atoms with van der Waals surface area (Å²) in [5, 5.41) is 14.2. The number of nitriles is 1. The van der Waals surface area contributed by atoms with Gasteiger partial charge in [-0.1, -0.05) is 72.8 Å². The Bertz CT molecular complexity index is 2770. The van der Waals surface area contributed by atoms with Crippen LogP contribution in [-0.4, -0.2) is 4.57 Å². The Hall–Kier alpha value is -6.88. The molecular formula is C44H25N3O. The molecule has 0 spiro atoms. The van der Waals surface area contributed by atoms with Gasteiger partial charge in [0.25, 0.3) is 0 Å². The molecule has 0 aliphatic carbocycles. The monoisotopic (exact) mass is 611 g/mol. The minimum atomic E-state index is 0.564. The Morgan fingerprint density at radius 1 is 0.500 bits per heavy atom. The zero-order valence-corrected chi connectivity index (χ0v) is 25.7. The van der Waals surface area contributed by atoms with Crippen molar-refractivity contribution in [2.24, 2.45) is 0 Å². The fourth-order valence-electron chi connectivity index (χ4n) is 6.96. The summed E-state index contributed by atoms with van der Waals surface area (Å²) >= 11 is 0. The second-order valence-corrected chi connectivity index (χ2v) is 12.0. The number of aromatic nitrogens is 1. The van der Waals surface area contributed by atoms with Gasteiger partial charge in [0.15, 0.2) is 5.69 Å². The van der Waals surface area contributed by atoms with Crippen LogP contribution in [0.4, 0.5) is 5.69 Å². The number of nitrogens with zero attached hydrogens (tertiary/aromatic N) is 3. The molecule has 0 aliphatic rings. The normalized spacial score (nSPS) is 11.3. The first-order valence-electron chi connectivity index (χ1n) is 15.8. The van der Waals surface area contributed by atoms with E-state index in [1.807, 2.05) is 60.7 Å². The highest BCUT2D eigenvalue weighted by Gasteiger charge is 2.16. The highest BCUT2D eigenvalue weighted by molar-refractivity contribution is 6.09. The Morgan fingerprint density at radius 3 is 1.81 bits per heavy atom. The molecule has 4 heteroatoms. The standard InChI is InChI=1S/C44H25N3O/c1-46-35-23-34(24-36(26-35)47-41-14-5-2-11-37(41)38-12-3-6-15-42(38)47)33-21-31(29-10-8-9-28(19-29)27-45)20-32(22-33)30-17-18-44-40(25-30)39-13-4-7-16-43(39)48-44/h2-26H. The van der Waals surface area contributed by atoms with Crippen molar-refractivity contribution < 1.29 is 4.42 Å². The lowest BCUT2D eigenvalue weighted by Crippen LogP contribution is -1.95. The zero-order chi connectivity index (χ0) is 32.2. The van der Waals surface area contributed by atoms with E-state index in [2.05, 4.69) is 106 Å². The van der Waals surface area contributed by atoms with Gasteiger partial charge < -0.3 is 8.98 Å². The van der Waals surface area contributed by atoms with Crippen LogP contribution in [0.2, 0.25) is 0 Å². The first kappa shape index (κ1) is 27.4. The Kier molecular flexibility index (Phi) is 6.22. The third kappa shape index (κ3) is 4.44. The fraction of sp³-hybridized carbons (Fsp3) is 0. The Morgan fingerprint density at radius 2 is 1.10 bits per heavy atom. The maximum atomic E-state index is 9.68. The molecule has 7 aromatic carbocycles. The molecular weight excluding hydrogens is 587 g/mol. The molecule has 0 fully saturated rings. The molecule has 0 N–H and O–H groups in total. The molecule has 4 nitrogen and oxygen atoms in total. The fourth-order valence-corrected chi connectivity index (χ4v) is 6.96. The van der Waals surface area contributed by atoms with Crippen molar-refractivity contribution in [2.45, 2.75) is 0 Å². The van der Waals surface area contributed by atoms with Crippen molar-refractivity contribution in [3.63, 3.8) is 0 Å². The van der Waals surface area contributed by atoms with E-state index < -0.39 is 0 Å². The molecule has 0 saturated carbocycles. The molecule has 48 heavy (non-hydrogen) atoms. The van der Waals surface area contributed by atoms with Gasteiger partial charge in [0.2, 0.25) is 0 Å². The SMILES string of the molecule is [C-]#[N+]c1cc(-c2cc(-c3cccc(C#N)c3)cc(-c3ccc4oc5ccccc5c4c3)c2)cc(-n2c3ccccc3c3ccccc32)c1. The van der Waals surface area contributed by atoms with Gasteiger partial charge in [0, 0.05) is 27.2 Å². The third-order valence-electron chi connectivity index (χ3n) is 9.17. The van der Waals surface area contributed by atoms with Gasteiger partial charge in [0.05, 0.1) is 29.2 Å². The van der Waals surface area contributed by atoms with Crippen LogP contribution < -0.4 is 0 Å². The van der Waals surface area contributed by atoms with Crippen LogP contribution >= 0.6 is 0 Å². The smallest absolute Gasteiger partial charge is 0.189 e. The lowest BCUT2D eigenvalue weighted by Gasteiger charge is -2.15. The van der Waals surface area contributed by atoms with Crippen LogP contribution in [0.15, 0.2) is 156 Å². The summed E-state index contributed by atoms with van der Waals surface area (Å²) in [7, 11) is 0. The van der Waals surface area contributed by atoms with E-state index in [0.29, 0.717) is 11.3 Å². The van der Waals surface area contributed by atoms with Crippen LogP contribution in [0.3, 0.4) is 0 Å². The predicted molar refractivity (Wildman–Crippen MR) is 195 cm³/mol. The van der Waals surface area contributed by atoms with Crippen LogP contribution in [0.25, 0.3) is 87.7 Å². The number of hydrogen-bond acceptors (Lipinski definition) is 2. The number of hydrogen-bond donors (Lipinski definition) is 0. The summed E-state index contributed by atoms with van der Waals surface area (Å²) in [6.07, 6.45) is 0. The molecule has 0 saturated heterocycles. The minimum Gasteiger partial charge on any atom is -0.456 e. The molecule has 0 radical (unpaired) electrons. The predicted octanol–water partition coefficient (Wildman–Crippen LogP) is 12.1. The molecule has 9 aromatic rings. The molecule has 0 unspecified atom stereocenters. The van der Waals surface area contributed by atoms with Gasteiger partial charge >= 0.3 is 0 Å². The van der Waals surface area contributed by atoms with E-state index in [0.717, 1.165) is 72.0 Å². The average molecular weight is 612 g/mol. The summed E-state index contributed by atoms with van der Waals surface area (Å²) in [6.45, 7) is 8.05. The van der Waals surface area contributed by atoms with E-state index in [-0.39, 0.29) is 0 Å². The number of benzene rings is 7. The van der Waals surface area contributed by atoms with Crippen molar-refractivity contribution in [2.75, 3.05) is 0 Å². The van der Waals surface area contributed by atoms with E-state index in [9.17, 15) is 5.26 Å². The lowest BCUT2D eigenvalue weighted by atomic mass is 9.92. The van der Waals surface area contributed by atoms with Gasteiger partial charge in [-0.2, -0.15) is 5.26 Å². The first-order chi connectivity index (χ1) is 23.7. The summed E-state index contributed by atoms with van der Waals surface area (Å²) in [5.74, 6) is 0. The zero-order valence-electron chi connectivity index (χ0n) is 25.7. The molecule has 0 amide bonds. The molecule has 222 valence electrons. The molecule has 2 heterocycles. The minimum absolute atomic E-state index is 0.564. The Labute approximate surface area is 276 Å². The number of fused-ring (bicyclic) bond motifs is 6. The van der Waals surface area contributed by atoms with E-state index >= 15 is 0 Å². The second-order valence-electron chi connectivity index (χ2n) is 12.0. The van der Waals surface area contributed by atoms with Gasteiger partial charge in [-0.15, -0.1) is 0 Å². The average Bonchev–Trinajstić information content (AvgIpc) is 3.70. The van der Waals surface area contributed by atoms with Gasteiger partial charge in [-0.05, 0) is 112 Å². The van der Waals surface area contributed by atoms with Crippen molar-refractivity contribution in [3.05, 3.63) is 169 Å². The molecule has 0 aliphatic heterocycles. The number of furan rings is 1. The maximum absolute atomic E-state index is 9.68. The van der Waals surface area contributed by atoms with Crippen LogP contribution in [0, 0.1) is 17.9 Å². The first-order valence-corrected chi connectivity index (χ1v) is 15.8. The highest BCUT2D eigenvalue weighted by Crippen LogP contribution is 2.39. The molecule has 9 rings (SSSR count). The van der Waals surface area contributed by atoms with Crippen LogP contribution in [0.5, 0.6) is 0 Å². The highest BCUT2D eigenvalue weighted by atomic mass is 16.3. The quantitative estimate of drug-likeness (QED) is 0.186. The van der Waals surface area contributed by atoms with Crippen molar-refractivity contribution in [3.8, 4) is 45.1 Å². The topological polar surface area (TPSA) is 46.2 Å². The maximum Gasteiger partial charge on any atom is 0.189 e. The molecule has 0 bridgehead atoms. The van der Waals surface area contributed by atoms with Crippen LogP contribution in [0.1, 0.15) is 5.56 Å². The summed E-state index contributed by atoms with van der Waals surface area (Å²) in [5.41, 5.74) is 11.9. The second kappa shape index (κ2) is 10.9. The number of para-hydroxylation sites is 3. The van der Waals surface area contributed by atoms with Gasteiger partial charge in [-0.3, -0.25) is 0 Å². The summed E-state index contributed by atoms with van der Waals surface area (Å²) in [4.78, 5) is 3.92. The summed E-state index contributed by atoms with van der Waals surface area (Å²) < 4.78 is 8.38. The van der Waals surface area contributed by atoms with Gasteiger partial charge in [-0.25, -0.2) is 4.85 Å². The van der Waals surface area contributed by atoms with E-state index in [1.54, 1.807) is 0 Å². The third-order valence-corrected chi connectivity index (χ3v) is 9.17. The van der Waals surface area contributed by atoms with Crippen molar-refractivity contribution in [1.82, 2.24) is 4.57 Å². The summed E-state index contributed by atoms with van der Waals surface area (Å²) in [6, 6.07) is 53.9. The largest absolute Gasteiger partial charge is 0.456 e.